The van der Waals surface area contributed by atoms with Gasteiger partial charge in [-0.05, 0) is 60.2 Å². The van der Waals surface area contributed by atoms with Crippen molar-refractivity contribution >= 4 is 27.3 Å². The van der Waals surface area contributed by atoms with Gasteiger partial charge in [-0.15, -0.1) is 0 Å². The first-order valence-electron chi connectivity index (χ1n) is 11.6. The minimum atomic E-state index is -4.06. The van der Waals surface area contributed by atoms with Crippen molar-refractivity contribution in [2.45, 2.75) is 44.9 Å². The molecule has 0 unspecified atom stereocenters. The fourth-order valence-electron chi connectivity index (χ4n) is 3.60. The molecule has 0 saturated carbocycles. The van der Waals surface area contributed by atoms with Crippen LogP contribution in [0.5, 0.6) is 5.75 Å². The molecule has 190 valence electrons. The molecular formula is C28H33N3O4S. The molecule has 0 spiro atoms. The molecular weight excluding hydrogens is 474 g/mol. The first-order valence-corrected chi connectivity index (χ1v) is 13.0. The molecule has 0 aliphatic heterocycles. The number of methoxy groups -OCH3 is 1. The maximum Gasteiger partial charge on any atom is 0.264 e. The molecule has 0 aliphatic carbocycles. The number of anilines is 1. The van der Waals surface area contributed by atoms with E-state index in [9.17, 15) is 13.2 Å². The normalized spacial score (nSPS) is 12.2. The van der Waals surface area contributed by atoms with Gasteiger partial charge in [0.05, 0.1) is 23.4 Å². The second-order valence-corrected chi connectivity index (χ2v) is 11.4. The summed E-state index contributed by atoms with van der Waals surface area (Å²) < 4.78 is 33.6. The third-order valence-corrected chi connectivity index (χ3v) is 7.51. The van der Waals surface area contributed by atoms with Gasteiger partial charge in [-0.2, -0.15) is 5.10 Å². The number of nitrogens with zero attached hydrogens (tertiary/aromatic N) is 2. The SMILES string of the molecule is COc1ccc(C)cc1N(CC(=O)N/N=C(/C)c1ccc(C(C)(C)C)cc1)S(=O)(=O)c1ccccc1. The Hall–Kier alpha value is -3.65. The lowest BCUT2D eigenvalue weighted by atomic mass is 9.86. The number of carbonyl (C=O) groups excluding carboxylic acids is 1. The van der Waals surface area contributed by atoms with Gasteiger partial charge in [0, 0.05) is 0 Å². The average Bonchev–Trinajstić information content (AvgIpc) is 2.85. The number of rotatable bonds is 8. The maximum absolute atomic E-state index is 13.6. The van der Waals surface area contributed by atoms with E-state index in [0.29, 0.717) is 11.5 Å². The van der Waals surface area contributed by atoms with Crippen molar-refractivity contribution < 1.29 is 17.9 Å². The average molecular weight is 508 g/mol. The lowest BCUT2D eigenvalue weighted by Gasteiger charge is -2.25. The van der Waals surface area contributed by atoms with E-state index >= 15 is 0 Å². The summed E-state index contributed by atoms with van der Waals surface area (Å²) in [5.74, 6) is -0.241. The molecule has 0 atom stereocenters. The Morgan fingerprint density at radius 1 is 1.00 bits per heavy atom. The van der Waals surface area contributed by atoms with E-state index in [1.165, 1.54) is 24.8 Å². The van der Waals surface area contributed by atoms with Gasteiger partial charge >= 0.3 is 0 Å². The lowest BCUT2D eigenvalue weighted by Crippen LogP contribution is -2.40. The smallest absolute Gasteiger partial charge is 0.264 e. The van der Waals surface area contributed by atoms with E-state index in [1.807, 2.05) is 37.3 Å². The Kier molecular flexibility index (Phi) is 8.20. The fourth-order valence-corrected chi connectivity index (χ4v) is 5.05. The van der Waals surface area contributed by atoms with Crippen LogP contribution in [0.25, 0.3) is 0 Å². The van der Waals surface area contributed by atoms with E-state index in [1.54, 1.807) is 37.3 Å². The molecule has 0 aliphatic rings. The largest absolute Gasteiger partial charge is 0.495 e. The van der Waals surface area contributed by atoms with E-state index < -0.39 is 22.5 Å². The predicted molar refractivity (Wildman–Crippen MR) is 144 cm³/mol. The molecule has 7 nitrogen and oxygen atoms in total. The van der Waals surface area contributed by atoms with Gasteiger partial charge in [-0.1, -0.05) is 69.3 Å². The summed E-state index contributed by atoms with van der Waals surface area (Å²) in [6.07, 6.45) is 0. The molecule has 0 heterocycles. The standard InChI is InChI=1S/C28H33N3O4S/c1-20-12-17-26(35-6)25(18-20)31(36(33,34)24-10-8-7-9-11-24)19-27(32)30-29-21(2)22-13-15-23(16-14-22)28(3,4)5/h7-18H,19H2,1-6H3,(H,30,32)/b29-21-. The van der Waals surface area contributed by atoms with Crippen LogP contribution in [0.4, 0.5) is 5.69 Å². The second-order valence-electron chi connectivity index (χ2n) is 9.56. The van der Waals surface area contributed by atoms with E-state index in [-0.39, 0.29) is 16.0 Å². The highest BCUT2D eigenvalue weighted by molar-refractivity contribution is 7.92. The van der Waals surface area contributed by atoms with Gasteiger partial charge in [-0.25, -0.2) is 13.8 Å². The van der Waals surface area contributed by atoms with Crippen LogP contribution >= 0.6 is 0 Å². The fraction of sp³-hybridized carbons (Fsp3) is 0.286. The van der Waals surface area contributed by atoms with Crippen LogP contribution in [-0.2, 0) is 20.2 Å². The topological polar surface area (TPSA) is 88.1 Å². The molecule has 0 fully saturated rings. The Bertz CT molecular complexity index is 1340. The van der Waals surface area contributed by atoms with Gasteiger partial charge in [0.15, 0.2) is 0 Å². The Morgan fingerprint density at radius 2 is 1.64 bits per heavy atom. The van der Waals surface area contributed by atoms with Crippen LogP contribution < -0.4 is 14.5 Å². The molecule has 3 aromatic carbocycles. The van der Waals surface area contributed by atoms with Crippen molar-refractivity contribution in [1.82, 2.24) is 5.43 Å². The first kappa shape index (κ1) is 26.9. The zero-order valence-electron chi connectivity index (χ0n) is 21.6. The summed E-state index contributed by atoms with van der Waals surface area (Å²) in [4.78, 5) is 13.0. The number of ether oxygens (including phenoxy) is 1. The zero-order valence-corrected chi connectivity index (χ0v) is 22.4. The van der Waals surface area contributed by atoms with Crippen molar-refractivity contribution in [2.24, 2.45) is 5.10 Å². The molecule has 1 amide bonds. The van der Waals surface area contributed by atoms with Crippen LogP contribution in [0.1, 0.15) is 44.4 Å². The minimum absolute atomic E-state index is 0.0301. The first-order chi connectivity index (χ1) is 16.9. The van der Waals surface area contributed by atoms with Crippen LogP contribution in [-0.4, -0.2) is 33.7 Å². The number of hydrazone groups is 1. The zero-order chi connectivity index (χ0) is 26.5. The molecule has 0 aromatic heterocycles. The summed E-state index contributed by atoms with van der Waals surface area (Å²) >= 11 is 0. The quantitative estimate of drug-likeness (QED) is 0.342. The molecule has 0 radical (unpaired) electrons. The number of nitrogens with one attached hydrogen (secondary N) is 1. The van der Waals surface area contributed by atoms with Gasteiger partial charge in [0.2, 0.25) is 0 Å². The summed E-state index contributed by atoms with van der Waals surface area (Å²) in [6.45, 7) is 9.57. The van der Waals surface area contributed by atoms with Crippen LogP contribution in [0, 0.1) is 6.92 Å². The van der Waals surface area contributed by atoms with Gasteiger partial charge < -0.3 is 4.74 Å². The highest BCUT2D eigenvalue weighted by Gasteiger charge is 2.29. The van der Waals surface area contributed by atoms with Crippen molar-refractivity contribution in [3.8, 4) is 5.75 Å². The molecule has 0 bridgehead atoms. The summed E-state index contributed by atoms with van der Waals surface area (Å²) in [7, 11) is -2.61. The maximum atomic E-state index is 13.6. The third kappa shape index (κ3) is 6.31. The highest BCUT2D eigenvalue weighted by atomic mass is 32.2. The molecule has 1 N–H and O–H groups in total. The van der Waals surface area contributed by atoms with E-state index in [2.05, 4.69) is 31.3 Å². The van der Waals surface area contributed by atoms with Gasteiger partial charge in [-0.3, -0.25) is 9.10 Å². The van der Waals surface area contributed by atoms with Crippen LogP contribution in [0.15, 0.2) is 82.8 Å². The summed E-state index contributed by atoms with van der Waals surface area (Å²) in [6, 6.07) is 21.1. The Balaban J connectivity index is 1.89. The van der Waals surface area contributed by atoms with Gasteiger partial charge in [0.1, 0.15) is 12.3 Å². The lowest BCUT2D eigenvalue weighted by molar-refractivity contribution is -0.119. The van der Waals surface area contributed by atoms with Crippen molar-refractivity contribution in [3.63, 3.8) is 0 Å². The summed E-state index contributed by atoms with van der Waals surface area (Å²) in [5.41, 5.74) is 6.29. The number of hydrogen-bond donors (Lipinski definition) is 1. The van der Waals surface area contributed by atoms with Crippen LogP contribution in [0.3, 0.4) is 0 Å². The van der Waals surface area contributed by atoms with Crippen molar-refractivity contribution in [2.75, 3.05) is 18.0 Å². The predicted octanol–water partition coefficient (Wildman–Crippen LogP) is 5.04. The number of hydrogen-bond acceptors (Lipinski definition) is 5. The number of amides is 1. The molecule has 8 heteroatoms. The number of aryl methyl sites for hydroxylation is 1. The highest BCUT2D eigenvalue weighted by Crippen LogP contribution is 2.33. The Labute approximate surface area is 213 Å². The molecule has 0 saturated heterocycles. The Morgan fingerprint density at radius 3 is 2.22 bits per heavy atom. The van der Waals surface area contributed by atoms with Crippen molar-refractivity contribution in [3.05, 3.63) is 89.5 Å². The van der Waals surface area contributed by atoms with Crippen LogP contribution in [0.2, 0.25) is 0 Å². The third-order valence-electron chi connectivity index (χ3n) is 5.74. The van der Waals surface area contributed by atoms with E-state index in [4.69, 9.17) is 4.74 Å². The molecule has 3 aromatic rings. The number of sulfonamides is 1. The molecule has 3 rings (SSSR count). The monoisotopic (exact) mass is 507 g/mol. The van der Waals surface area contributed by atoms with E-state index in [0.717, 1.165) is 15.4 Å². The summed E-state index contributed by atoms with van der Waals surface area (Å²) in [5, 5.41) is 4.21. The van der Waals surface area contributed by atoms with Gasteiger partial charge in [0.25, 0.3) is 15.9 Å². The second kappa shape index (κ2) is 11.0. The number of benzene rings is 3. The minimum Gasteiger partial charge on any atom is -0.495 e. The van der Waals surface area contributed by atoms with Crippen molar-refractivity contribution in [1.29, 1.82) is 0 Å². The number of carbonyl (C=O) groups is 1. The molecule has 36 heavy (non-hydrogen) atoms.